The van der Waals surface area contributed by atoms with Crippen LogP contribution in [0.2, 0.25) is 10.0 Å². The average molecular weight is 426 g/mol. The maximum Gasteiger partial charge on any atom is 0.257 e. The first kappa shape index (κ1) is 20.7. The van der Waals surface area contributed by atoms with E-state index in [1.54, 1.807) is 18.2 Å². The molecule has 2 aromatic heterocycles. The van der Waals surface area contributed by atoms with E-state index in [0.29, 0.717) is 39.5 Å². The summed E-state index contributed by atoms with van der Waals surface area (Å²) in [4.78, 5) is 8.38. The molecule has 7 heteroatoms. The summed E-state index contributed by atoms with van der Waals surface area (Å²) in [6, 6.07) is 15.5. The zero-order valence-corrected chi connectivity index (χ0v) is 17.1. The Kier molecular flexibility index (Phi) is 7.07. The van der Waals surface area contributed by atoms with Gasteiger partial charge < -0.3 is 9.47 Å². The predicted octanol–water partition coefficient (Wildman–Crippen LogP) is 5.48. The molecule has 0 unspecified atom stereocenters. The van der Waals surface area contributed by atoms with E-state index in [1.165, 1.54) is 19.5 Å². The Morgan fingerprint density at radius 1 is 1.10 bits per heavy atom. The number of halogens is 2. The number of pyridine rings is 2. The molecule has 0 aliphatic heterocycles. The second-order valence-electron chi connectivity index (χ2n) is 5.97. The van der Waals surface area contributed by atoms with Gasteiger partial charge in [0.05, 0.1) is 35.0 Å². The van der Waals surface area contributed by atoms with Gasteiger partial charge in [0.25, 0.3) is 5.88 Å². The van der Waals surface area contributed by atoms with Gasteiger partial charge in [0.15, 0.2) is 5.75 Å². The van der Waals surface area contributed by atoms with Crippen LogP contribution in [0.1, 0.15) is 16.8 Å². The van der Waals surface area contributed by atoms with E-state index in [2.05, 4.69) is 16.0 Å². The number of nitrogens with zero attached hydrogens (tertiary/aromatic N) is 3. The fraction of sp³-hybridized carbons (Fsp3) is 0.136. The molecule has 0 aliphatic carbocycles. The molecule has 5 nitrogen and oxygen atoms in total. The Balaban J connectivity index is 1.86. The van der Waals surface area contributed by atoms with Crippen molar-refractivity contribution < 1.29 is 9.47 Å². The topological polar surface area (TPSA) is 68.0 Å². The van der Waals surface area contributed by atoms with Crippen molar-refractivity contribution >= 4 is 34.9 Å². The Morgan fingerprint density at radius 3 is 2.48 bits per heavy atom. The summed E-state index contributed by atoms with van der Waals surface area (Å²) in [6.07, 6.45) is 5.23. The molecule has 0 fully saturated rings. The van der Waals surface area contributed by atoms with Gasteiger partial charge in [-0.15, -0.1) is 0 Å². The van der Waals surface area contributed by atoms with Gasteiger partial charge in [0, 0.05) is 24.4 Å². The number of methoxy groups -OCH3 is 1. The first-order valence-corrected chi connectivity index (χ1v) is 9.51. The normalized spacial score (nSPS) is 11.0. The summed E-state index contributed by atoms with van der Waals surface area (Å²) < 4.78 is 11.2. The maximum absolute atomic E-state index is 9.63. The highest BCUT2D eigenvalue weighted by Gasteiger charge is 2.13. The van der Waals surface area contributed by atoms with Crippen molar-refractivity contribution in [2.45, 2.75) is 6.42 Å². The molecule has 146 valence electrons. The van der Waals surface area contributed by atoms with Gasteiger partial charge in [0.2, 0.25) is 0 Å². The fourth-order valence-corrected chi connectivity index (χ4v) is 3.09. The molecular weight excluding hydrogens is 409 g/mol. The van der Waals surface area contributed by atoms with Crippen LogP contribution in [-0.2, 0) is 6.42 Å². The fourth-order valence-electron chi connectivity index (χ4n) is 2.61. The molecule has 0 atom stereocenters. The van der Waals surface area contributed by atoms with E-state index in [1.807, 2.05) is 30.3 Å². The minimum absolute atomic E-state index is 0.288. The molecular formula is C22H17Cl2N3O2. The summed E-state index contributed by atoms with van der Waals surface area (Å²) in [7, 11) is 1.54. The third-order valence-corrected chi connectivity index (χ3v) is 4.70. The van der Waals surface area contributed by atoms with E-state index < -0.39 is 0 Å². The van der Waals surface area contributed by atoms with Crippen molar-refractivity contribution in [3.63, 3.8) is 0 Å². The Labute approximate surface area is 179 Å². The van der Waals surface area contributed by atoms with Gasteiger partial charge in [-0.1, -0.05) is 53.5 Å². The van der Waals surface area contributed by atoms with Crippen LogP contribution in [0.3, 0.4) is 0 Å². The Hall–Kier alpha value is -3.07. The van der Waals surface area contributed by atoms with Crippen LogP contribution in [0.4, 0.5) is 0 Å². The van der Waals surface area contributed by atoms with Gasteiger partial charge in [-0.2, -0.15) is 5.26 Å². The van der Waals surface area contributed by atoms with Crippen LogP contribution >= 0.6 is 23.2 Å². The molecule has 0 amide bonds. The number of benzene rings is 1. The van der Waals surface area contributed by atoms with Crippen LogP contribution in [0.15, 0.2) is 54.9 Å². The summed E-state index contributed by atoms with van der Waals surface area (Å²) in [6.45, 7) is 0.421. The van der Waals surface area contributed by atoms with E-state index in [-0.39, 0.29) is 5.57 Å². The van der Waals surface area contributed by atoms with Crippen LogP contribution in [-0.4, -0.2) is 23.7 Å². The second kappa shape index (κ2) is 9.92. The first-order valence-electron chi connectivity index (χ1n) is 8.75. The molecule has 3 aromatic rings. The van der Waals surface area contributed by atoms with Gasteiger partial charge in [-0.3, -0.25) is 4.98 Å². The standard InChI is InChI=1S/C22H17Cl2N3O2/c1-28-21-8-7-20(16(12-25)11-17-18(23)13-26-14-19(17)24)27-22(21)29-10-9-15-5-3-2-4-6-15/h2-8,11,13-14H,9-10H2,1H3/b16-11+. The van der Waals surface area contributed by atoms with E-state index in [4.69, 9.17) is 32.7 Å². The lowest BCUT2D eigenvalue weighted by Gasteiger charge is -2.11. The monoisotopic (exact) mass is 425 g/mol. The number of allylic oxidation sites excluding steroid dienone is 1. The number of hydrogen-bond donors (Lipinski definition) is 0. The van der Waals surface area contributed by atoms with Crippen molar-refractivity contribution in [2.75, 3.05) is 13.7 Å². The summed E-state index contributed by atoms with van der Waals surface area (Å²) in [5, 5.41) is 10.3. The molecule has 0 radical (unpaired) electrons. The maximum atomic E-state index is 9.63. The first-order chi connectivity index (χ1) is 14.1. The number of ether oxygens (including phenoxy) is 2. The number of rotatable bonds is 7. The predicted molar refractivity (Wildman–Crippen MR) is 114 cm³/mol. The highest BCUT2D eigenvalue weighted by atomic mass is 35.5. The highest BCUT2D eigenvalue weighted by molar-refractivity contribution is 6.37. The van der Waals surface area contributed by atoms with Crippen LogP contribution < -0.4 is 9.47 Å². The van der Waals surface area contributed by atoms with Gasteiger partial charge in [-0.05, 0) is 23.8 Å². The number of aromatic nitrogens is 2. The Bertz CT molecular complexity index is 1040. The molecule has 0 aliphatic rings. The average Bonchev–Trinajstić information content (AvgIpc) is 2.74. The van der Waals surface area contributed by atoms with Crippen molar-refractivity contribution in [2.24, 2.45) is 0 Å². The molecule has 0 spiro atoms. The van der Waals surface area contributed by atoms with E-state index in [9.17, 15) is 5.26 Å². The third-order valence-electron chi connectivity index (χ3n) is 4.09. The minimum Gasteiger partial charge on any atom is -0.491 e. The SMILES string of the molecule is COc1ccc(/C(C#N)=C/c2c(Cl)cncc2Cl)nc1OCCc1ccccc1. The summed E-state index contributed by atoms with van der Waals surface area (Å²) in [5.74, 6) is 0.799. The molecule has 0 saturated heterocycles. The van der Waals surface area contributed by atoms with Gasteiger partial charge in [0.1, 0.15) is 6.07 Å². The summed E-state index contributed by atoms with van der Waals surface area (Å²) in [5.41, 5.74) is 2.37. The molecule has 1 aromatic carbocycles. The number of nitriles is 1. The lowest BCUT2D eigenvalue weighted by Crippen LogP contribution is -2.05. The largest absolute Gasteiger partial charge is 0.491 e. The lowest BCUT2D eigenvalue weighted by atomic mass is 10.1. The number of hydrogen-bond acceptors (Lipinski definition) is 5. The van der Waals surface area contributed by atoms with Crippen molar-refractivity contribution in [3.8, 4) is 17.7 Å². The molecule has 2 heterocycles. The van der Waals surface area contributed by atoms with E-state index in [0.717, 1.165) is 12.0 Å². The van der Waals surface area contributed by atoms with Gasteiger partial charge >= 0.3 is 0 Å². The molecule has 29 heavy (non-hydrogen) atoms. The quantitative estimate of drug-likeness (QED) is 0.468. The highest BCUT2D eigenvalue weighted by Crippen LogP contribution is 2.30. The molecule has 0 bridgehead atoms. The second-order valence-corrected chi connectivity index (χ2v) is 6.79. The van der Waals surface area contributed by atoms with Crippen LogP contribution in [0, 0.1) is 11.3 Å². The van der Waals surface area contributed by atoms with Crippen molar-refractivity contribution in [3.05, 3.63) is 81.7 Å². The molecule has 3 rings (SSSR count). The lowest BCUT2D eigenvalue weighted by molar-refractivity contribution is 0.285. The molecule has 0 saturated carbocycles. The molecule has 0 N–H and O–H groups in total. The zero-order valence-electron chi connectivity index (χ0n) is 15.6. The Morgan fingerprint density at radius 2 is 1.83 bits per heavy atom. The van der Waals surface area contributed by atoms with Crippen LogP contribution in [0.25, 0.3) is 11.6 Å². The van der Waals surface area contributed by atoms with Crippen molar-refractivity contribution in [1.29, 1.82) is 5.26 Å². The summed E-state index contributed by atoms with van der Waals surface area (Å²) >= 11 is 12.3. The zero-order chi connectivity index (χ0) is 20.6. The van der Waals surface area contributed by atoms with Crippen LogP contribution in [0.5, 0.6) is 11.6 Å². The minimum atomic E-state index is 0.288. The smallest absolute Gasteiger partial charge is 0.257 e. The van der Waals surface area contributed by atoms with Gasteiger partial charge in [-0.25, -0.2) is 4.98 Å². The van der Waals surface area contributed by atoms with Crippen molar-refractivity contribution in [1.82, 2.24) is 9.97 Å². The van der Waals surface area contributed by atoms with E-state index >= 15 is 0 Å². The third kappa shape index (κ3) is 5.26.